The van der Waals surface area contributed by atoms with Gasteiger partial charge in [-0.2, -0.15) is 0 Å². The Hall–Kier alpha value is -2.54. The normalized spacial score (nSPS) is 34.8. The van der Waals surface area contributed by atoms with Gasteiger partial charge in [-0.15, -0.1) is 0 Å². The van der Waals surface area contributed by atoms with Crippen molar-refractivity contribution < 1.29 is 19.5 Å². The van der Waals surface area contributed by atoms with Gasteiger partial charge in [-0.3, -0.25) is 14.4 Å². The van der Waals surface area contributed by atoms with Gasteiger partial charge in [-0.05, 0) is 171 Å². The minimum Gasteiger partial charge on any atom is -0.393 e. The van der Waals surface area contributed by atoms with Gasteiger partial charge < -0.3 is 40.7 Å². The molecule has 4 aliphatic carbocycles. The third-order valence-corrected chi connectivity index (χ3v) is 16.1. The van der Waals surface area contributed by atoms with Gasteiger partial charge >= 0.3 is 0 Å². The maximum Gasteiger partial charge on any atom is 0.245 e. The molecule has 3 amide bonds. The summed E-state index contributed by atoms with van der Waals surface area (Å²) in [5.74, 6) is 3.80. The third kappa shape index (κ3) is 9.92. The van der Waals surface area contributed by atoms with Gasteiger partial charge in [0.1, 0.15) is 6.04 Å². The van der Waals surface area contributed by atoms with Crippen molar-refractivity contribution in [3.63, 3.8) is 0 Å². The molecule has 1 aromatic heterocycles. The van der Waals surface area contributed by atoms with Crippen molar-refractivity contribution >= 4 is 17.7 Å². The zero-order chi connectivity index (χ0) is 41.1. The number of amides is 3. The van der Waals surface area contributed by atoms with Crippen LogP contribution in [0.3, 0.4) is 0 Å². The Labute approximate surface area is 343 Å². The van der Waals surface area contributed by atoms with Crippen molar-refractivity contribution in [2.75, 3.05) is 60.9 Å². The lowest BCUT2D eigenvalue weighted by atomic mass is 9.44. The number of H-pyrrole nitrogens is 1. The summed E-state index contributed by atoms with van der Waals surface area (Å²) in [6.07, 6.45) is 17.8. The number of aromatic nitrogens is 2. The van der Waals surface area contributed by atoms with E-state index in [2.05, 4.69) is 45.9 Å². The lowest BCUT2D eigenvalue weighted by Crippen LogP contribution is -2.54. The van der Waals surface area contributed by atoms with Gasteiger partial charge in [-0.1, -0.05) is 20.8 Å². The van der Waals surface area contributed by atoms with E-state index in [0.29, 0.717) is 60.9 Å². The van der Waals surface area contributed by atoms with Gasteiger partial charge in [0.05, 0.1) is 18.5 Å². The van der Waals surface area contributed by atoms with E-state index in [-0.39, 0.29) is 36.4 Å². The van der Waals surface area contributed by atoms with E-state index in [1.54, 1.807) is 17.4 Å². The molecule has 0 aromatic carbocycles. The number of aromatic amines is 1. The van der Waals surface area contributed by atoms with Gasteiger partial charge in [0.15, 0.2) is 0 Å². The molecule has 5 aliphatic rings. The van der Waals surface area contributed by atoms with Crippen molar-refractivity contribution in [3.8, 4) is 0 Å². The molecular weight excluding hydrogens is 717 g/mol. The molecule has 1 aromatic rings. The van der Waals surface area contributed by atoms with Crippen molar-refractivity contribution in [3.05, 3.63) is 18.2 Å². The number of aliphatic hydroxyl groups is 1. The van der Waals surface area contributed by atoms with Gasteiger partial charge in [-0.25, -0.2) is 4.98 Å². The van der Waals surface area contributed by atoms with E-state index in [1.165, 1.54) is 44.9 Å². The standard InChI is InChI=1S/C45H78N8O4/c1-30(36-13-14-37-35-12-11-31-24-34(54)16-18-44(31,2)38(35)17-19-45(36,37)3)10-15-41(55)49-33-26-40(53(28-33)42(56)39(46)25-32-27-47-29-48-32)43(57)52(22-8-20-50(4)5)23-9-21-51(6)7/h27,29-31,33-40,54H,8-26,28,46H2,1-7H3,(H,47,48)(H,49,55)/t30-,31?,33+,34-,35?,36-,37?,38?,39?,40+,44+,45-/m1/s1. The predicted octanol–water partition coefficient (Wildman–Crippen LogP) is 4.53. The maximum absolute atomic E-state index is 14.4. The van der Waals surface area contributed by atoms with Crippen LogP contribution >= 0.6 is 0 Å². The largest absolute Gasteiger partial charge is 0.393 e. The number of rotatable bonds is 17. The Balaban J connectivity index is 1.07. The summed E-state index contributed by atoms with van der Waals surface area (Å²) >= 11 is 0. The highest BCUT2D eigenvalue weighted by Gasteiger charge is 2.60. The average molecular weight is 795 g/mol. The lowest BCUT2D eigenvalue weighted by molar-refractivity contribution is -0.144. The van der Waals surface area contributed by atoms with Crippen LogP contribution in [0.1, 0.15) is 116 Å². The van der Waals surface area contributed by atoms with Crippen molar-refractivity contribution in [2.24, 2.45) is 52.1 Å². The maximum atomic E-state index is 14.4. The van der Waals surface area contributed by atoms with Crippen LogP contribution in [0.4, 0.5) is 0 Å². The molecule has 12 heteroatoms. The SMILES string of the molecule is C[C@H](CCC(=O)N[C@H]1C[C@@H](C(=O)N(CCCN(C)C)CCCN(C)C)N(C(=O)C(N)Cc2cnc[nH]2)C1)[C@H]1CCC2C3CCC4C[C@H](O)CC[C@]4(C)C3CC[C@@]21C. The van der Waals surface area contributed by atoms with Crippen LogP contribution in [0.15, 0.2) is 12.5 Å². The summed E-state index contributed by atoms with van der Waals surface area (Å²) < 4.78 is 0. The average Bonchev–Trinajstić information content (AvgIpc) is 3.91. The Bertz CT molecular complexity index is 1480. The molecule has 0 bridgehead atoms. The fraction of sp³-hybridized carbons (Fsp3) is 0.867. The number of nitrogens with zero attached hydrogens (tertiary/aromatic N) is 5. The van der Waals surface area contributed by atoms with Crippen LogP contribution in [-0.2, 0) is 20.8 Å². The molecule has 322 valence electrons. The second kappa shape index (κ2) is 18.8. The Kier molecular flexibility index (Phi) is 14.5. The van der Waals surface area contributed by atoms with Crippen LogP contribution < -0.4 is 11.1 Å². The van der Waals surface area contributed by atoms with Crippen molar-refractivity contribution in [2.45, 2.75) is 141 Å². The predicted molar refractivity (Wildman–Crippen MR) is 225 cm³/mol. The monoisotopic (exact) mass is 795 g/mol. The topological polar surface area (TPSA) is 151 Å². The van der Waals surface area contributed by atoms with Gasteiger partial charge in [0.2, 0.25) is 17.7 Å². The molecule has 5 fully saturated rings. The van der Waals surface area contributed by atoms with E-state index in [1.807, 2.05) is 33.1 Å². The molecule has 4 saturated carbocycles. The Morgan fingerprint density at radius 1 is 0.947 bits per heavy atom. The van der Waals surface area contributed by atoms with Crippen LogP contribution in [0.25, 0.3) is 0 Å². The minimum atomic E-state index is -0.827. The molecule has 57 heavy (non-hydrogen) atoms. The van der Waals surface area contributed by atoms with E-state index in [0.717, 1.165) is 68.6 Å². The third-order valence-electron chi connectivity index (χ3n) is 16.1. The molecule has 2 heterocycles. The van der Waals surface area contributed by atoms with E-state index < -0.39 is 12.1 Å². The first-order valence-corrected chi connectivity index (χ1v) is 22.7. The quantitative estimate of drug-likeness (QED) is 0.180. The first-order valence-electron chi connectivity index (χ1n) is 22.7. The molecule has 6 rings (SSSR count). The highest BCUT2D eigenvalue weighted by molar-refractivity contribution is 5.91. The zero-order valence-electron chi connectivity index (χ0n) is 36.6. The number of likely N-dealkylation sites (tertiary alicyclic amines) is 1. The van der Waals surface area contributed by atoms with Crippen LogP contribution in [0.2, 0.25) is 0 Å². The van der Waals surface area contributed by atoms with E-state index in [4.69, 9.17) is 5.73 Å². The van der Waals surface area contributed by atoms with E-state index >= 15 is 0 Å². The minimum absolute atomic E-state index is 0.0112. The number of nitrogens with one attached hydrogen (secondary N) is 2. The lowest BCUT2D eigenvalue weighted by Gasteiger charge is -2.61. The number of hydrogen-bond acceptors (Lipinski definition) is 8. The fourth-order valence-corrected chi connectivity index (χ4v) is 13.1. The number of carbonyl (C=O) groups excluding carboxylic acids is 3. The summed E-state index contributed by atoms with van der Waals surface area (Å²) in [6, 6.07) is -1.81. The van der Waals surface area contributed by atoms with Crippen LogP contribution in [0, 0.1) is 46.3 Å². The van der Waals surface area contributed by atoms with Crippen LogP contribution in [0.5, 0.6) is 0 Å². The molecule has 5 unspecified atom stereocenters. The van der Waals surface area contributed by atoms with Gasteiger partial charge in [0, 0.05) is 50.4 Å². The van der Waals surface area contributed by atoms with Crippen molar-refractivity contribution in [1.29, 1.82) is 0 Å². The molecule has 1 aliphatic heterocycles. The molecule has 0 spiro atoms. The summed E-state index contributed by atoms with van der Waals surface area (Å²) in [6.45, 7) is 10.8. The molecule has 5 N–H and O–H groups in total. The molecule has 1 saturated heterocycles. The fourth-order valence-electron chi connectivity index (χ4n) is 13.1. The summed E-state index contributed by atoms with van der Waals surface area (Å²) in [5.41, 5.74) is 7.99. The second-order valence-corrected chi connectivity index (χ2v) is 20.4. The molecule has 12 atom stereocenters. The summed E-state index contributed by atoms with van der Waals surface area (Å²) in [4.78, 5) is 57.1. The first kappa shape index (κ1) is 44.0. The Morgan fingerprint density at radius 2 is 1.63 bits per heavy atom. The number of imidazole rings is 1. The molecular formula is C45H78N8O4. The van der Waals surface area contributed by atoms with Crippen molar-refractivity contribution in [1.82, 2.24) is 34.9 Å². The van der Waals surface area contributed by atoms with Gasteiger partial charge in [0.25, 0.3) is 0 Å². The highest BCUT2D eigenvalue weighted by Crippen LogP contribution is 2.68. The number of nitrogens with two attached hydrogens (primary N) is 1. The van der Waals surface area contributed by atoms with E-state index in [9.17, 15) is 19.5 Å². The highest BCUT2D eigenvalue weighted by atomic mass is 16.3. The van der Waals surface area contributed by atoms with Crippen LogP contribution in [-0.4, -0.2) is 138 Å². The zero-order valence-corrected chi connectivity index (χ0v) is 36.6. The number of hydrogen-bond donors (Lipinski definition) is 4. The molecule has 12 nitrogen and oxygen atoms in total. The number of carbonyl (C=O) groups is 3. The summed E-state index contributed by atoms with van der Waals surface area (Å²) in [7, 11) is 8.15. The smallest absolute Gasteiger partial charge is 0.245 e. The number of fused-ring (bicyclic) bond motifs is 5. The first-order chi connectivity index (χ1) is 27.1. The summed E-state index contributed by atoms with van der Waals surface area (Å²) in [5, 5.41) is 13.8. The second-order valence-electron chi connectivity index (χ2n) is 20.4. The number of aliphatic hydroxyl groups excluding tert-OH is 1. The Morgan fingerprint density at radius 3 is 2.30 bits per heavy atom. The molecule has 0 radical (unpaired) electrons.